The molecule has 1 aromatic rings. The van der Waals surface area contributed by atoms with Crippen LogP contribution in [0.2, 0.25) is 0 Å². The number of hydrogen-bond donors (Lipinski definition) is 0. The molecule has 0 saturated heterocycles. The average Bonchev–Trinajstić information content (AvgIpc) is 2.44. The molecule has 0 unspecified atom stereocenters. The average molecular weight is 288 g/mol. The fourth-order valence-corrected chi connectivity index (χ4v) is 1.08. The Balaban J connectivity index is 2.50. The molecule has 0 bridgehead atoms. The summed E-state index contributed by atoms with van der Waals surface area (Å²) in [6.45, 7) is 10.0. The zero-order chi connectivity index (χ0) is 15.8. The third-order valence-corrected chi connectivity index (χ3v) is 2.17. The molecule has 0 radical (unpaired) electrons. The van der Waals surface area contributed by atoms with Crippen LogP contribution < -0.4 is 9.47 Å². The standard InChI is InChI=1S/C16H16O5/c1-11(2)15(17)20-10-9-19-13-5-7-14(8-6-13)21-16(18)12(3)4/h5-10H,1,3H2,2,4H3. The molecule has 1 rings (SSSR count). The van der Waals surface area contributed by atoms with Crippen LogP contribution in [0.25, 0.3) is 0 Å². The van der Waals surface area contributed by atoms with Crippen LogP contribution in [0.3, 0.4) is 0 Å². The molecule has 5 nitrogen and oxygen atoms in total. The Kier molecular flexibility index (Phi) is 5.95. The van der Waals surface area contributed by atoms with Crippen molar-refractivity contribution in [2.24, 2.45) is 0 Å². The van der Waals surface area contributed by atoms with Gasteiger partial charge in [0, 0.05) is 11.1 Å². The highest BCUT2D eigenvalue weighted by molar-refractivity contribution is 5.88. The zero-order valence-corrected chi connectivity index (χ0v) is 11.9. The van der Waals surface area contributed by atoms with Crippen molar-refractivity contribution in [3.8, 4) is 11.5 Å². The molecule has 0 aromatic heterocycles. The van der Waals surface area contributed by atoms with E-state index in [1.165, 1.54) is 6.26 Å². The summed E-state index contributed by atoms with van der Waals surface area (Å²) in [6, 6.07) is 6.35. The molecule has 0 aliphatic heterocycles. The lowest BCUT2D eigenvalue weighted by molar-refractivity contribution is -0.133. The molecule has 5 heteroatoms. The summed E-state index contributed by atoms with van der Waals surface area (Å²) >= 11 is 0. The minimum atomic E-state index is -0.531. The van der Waals surface area contributed by atoms with Gasteiger partial charge in [-0.15, -0.1) is 0 Å². The van der Waals surface area contributed by atoms with E-state index in [-0.39, 0.29) is 0 Å². The lowest BCUT2D eigenvalue weighted by Crippen LogP contribution is -2.07. The van der Waals surface area contributed by atoms with E-state index in [1.807, 2.05) is 0 Å². The Morgan fingerprint density at radius 2 is 1.43 bits per heavy atom. The number of hydrogen-bond acceptors (Lipinski definition) is 5. The van der Waals surface area contributed by atoms with E-state index in [1.54, 1.807) is 38.1 Å². The summed E-state index contributed by atoms with van der Waals surface area (Å²) in [5.41, 5.74) is 0.612. The lowest BCUT2D eigenvalue weighted by Gasteiger charge is -2.04. The van der Waals surface area contributed by atoms with Crippen molar-refractivity contribution < 1.29 is 23.8 Å². The van der Waals surface area contributed by atoms with Crippen molar-refractivity contribution in [2.75, 3.05) is 0 Å². The second-order valence-corrected chi connectivity index (χ2v) is 4.22. The van der Waals surface area contributed by atoms with Crippen molar-refractivity contribution in [1.29, 1.82) is 0 Å². The quantitative estimate of drug-likeness (QED) is 0.348. The fourth-order valence-electron chi connectivity index (χ4n) is 1.08. The van der Waals surface area contributed by atoms with Crippen LogP contribution in [0.4, 0.5) is 0 Å². The van der Waals surface area contributed by atoms with Gasteiger partial charge in [0.05, 0.1) is 0 Å². The van der Waals surface area contributed by atoms with Crippen molar-refractivity contribution >= 4 is 11.9 Å². The molecule has 0 heterocycles. The third-order valence-electron chi connectivity index (χ3n) is 2.17. The van der Waals surface area contributed by atoms with Crippen LogP contribution in [0.1, 0.15) is 13.8 Å². The summed E-state index contributed by atoms with van der Waals surface area (Å²) in [4.78, 5) is 22.4. The largest absolute Gasteiger partial charge is 0.462 e. The Hall–Kier alpha value is -2.82. The van der Waals surface area contributed by atoms with Gasteiger partial charge in [-0.25, -0.2) is 9.59 Å². The smallest absolute Gasteiger partial charge is 0.338 e. The minimum absolute atomic E-state index is 0.295. The molecule has 0 saturated carbocycles. The first kappa shape index (κ1) is 16.2. The molecule has 21 heavy (non-hydrogen) atoms. The van der Waals surface area contributed by atoms with Gasteiger partial charge in [0.2, 0.25) is 0 Å². The van der Waals surface area contributed by atoms with Gasteiger partial charge in [0.15, 0.2) is 0 Å². The molecule has 0 aliphatic rings. The van der Waals surface area contributed by atoms with Gasteiger partial charge >= 0.3 is 11.9 Å². The Bertz CT molecular complexity index is 581. The normalized spacial score (nSPS) is 10.0. The second kappa shape index (κ2) is 7.69. The molecule has 1 aromatic carbocycles. The Labute approximate surface area is 123 Å². The molecule has 0 fully saturated rings. The predicted molar refractivity (Wildman–Crippen MR) is 77.6 cm³/mol. The number of esters is 2. The van der Waals surface area contributed by atoms with Crippen molar-refractivity contribution in [3.05, 3.63) is 61.1 Å². The highest BCUT2D eigenvalue weighted by Crippen LogP contribution is 2.18. The first-order valence-corrected chi connectivity index (χ1v) is 6.06. The SMILES string of the molecule is C=C(C)C(=O)OC=COc1ccc(OC(=O)C(=C)C)cc1. The monoisotopic (exact) mass is 288 g/mol. The summed E-state index contributed by atoms with van der Waals surface area (Å²) in [6.07, 6.45) is 2.34. The Morgan fingerprint density at radius 3 is 1.95 bits per heavy atom. The van der Waals surface area contributed by atoms with E-state index in [9.17, 15) is 9.59 Å². The topological polar surface area (TPSA) is 61.8 Å². The zero-order valence-electron chi connectivity index (χ0n) is 11.9. The van der Waals surface area contributed by atoms with E-state index < -0.39 is 11.9 Å². The molecule has 0 spiro atoms. The number of ether oxygens (including phenoxy) is 3. The van der Waals surface area contributed by atoms with Crippen molar-refractivity contribution in [3.63, 3.8) is 0 Å². The van der Waals surface area contributed by atoms with Gasteiger partial charge < -0.3 is 14.2 Å². The van der Waals surface area contributed by atoms with Crippen LogP contribution in [0.15, 0.2) is 61.1 Å². The summed E-state index contributed by atoms with van der Waals surface area (Å²) in [5, 5.41) is 0. The molecule has 0 aliphatic carbocycles. The number of benzene rings is 1. The van der Waals surface area contributed by atoms with E-state index >= 15 is 0 Å². The van der Waals surface area contributed by atoms with Gasteiger partial charge in [-0.2, -0.15) is 0 Å². The van der Waals surface area contributed by atoms with E-state index in [0.29, 0.717) is 22.6 Å². The highest BCUT2D eigenvalue weighted by atomic mass is 16.5. The maximum atomic E-state index is 11.3. The molecular formula is C16H16O5. The first-order valence-electron chi connectivity index (χ1n) is 6.06. The highest BCUT2D eigenvalue weighted by Gasteiger charge is 2.05. The summed E-state index contributed by atoms with van der Waals surface area (Å²) in [7, 11) is 0. The van der Waals surface area contributed by atoms with Gasteiger partial charge in [0.25, 0.3) is 0 Å². The molecule has 0 atom stereocenters. The van der Waals surface area contributed by atoms with Crippen molar-refractivity contribution in [2.45, 2.75) is 13.8 Å². The maximum Gasteiger partial charge on any atom is 0.338 e. The van der Waals surface area contributed by atoms with Crippen LogP contribution in [-0.4, -0.2) is 11.9 Å². The number of rotatable bonds is 6. The molecule has 110 valence electrons. The Morgan fingerprint density at radius 1 is 0.905 bits per heavy atom. The predicted octanol–water partition coefficient (Wildman–Crippen LogP) is 3.14. The molecular weight excluding hydrogens is 272 g/mol. The van der Waals surface area contributed by atoms with E-state index in [0.717, 1.165) is 6.26 Å². The van der Waals surface area contributed by atoms with Crippen LogP contribution >= 0.6 is 0 Å². The number of carbonyl (C=O) groups is 2. The molecule has 0 amide bonds. The lowest BCUT2D eigenvalue weighted by atomic mass is 10.3. The second-order valence-electron chi connectivity index (χ2n) is 4.22. The summed E-state index contributed by atoms with van der Waals surface area (Å²) in [5.74, 6) is -0.145. The van der Waals surface area contributed by atoms with Crippen LogP contribution in [0, 0.1) is 0 Å². The fraction of sp³-hybridized carbons (Fsp3) is 0.125. The van der Waals surface area contributed by atoms with Gasteiger partial charge in [0.1, 0.15) is 24.0 Å². The van der Waals surface area contributed by atoms with Gasteiger partial charge in [-0.3, -0.25) is 0 Å². The number of carbonyl (C=O) groups excluding carboxylic acids is 2. The van der Waals surface area contributed by atoms with Gasteiger partial charge in [-0.05, 0) is 38.1 Å². The summed E-state index contributed by atoms with van der Waals surface area (Å²) < 4.78 is 14.9. The van der Waals surface area contributed by atoms with Crippen molar-refractivity contribution in [1.82, 2.24) is 0 Å². The van der Waals surface area contributed by atoms with E-state index in [4.69, 9.17) is 14.2 Å². The maximum absolute atomic E-state index is 11.3. The van der Waals surface area contributed by atoms with E-state index in [2.05, 4.69) is 13.2 Å². The minimum Gasteiger partial charge on any atom is -0.462 e. The first-order chi connectivity index (χ1) is 9.90. The molecule has 0 N–H and O–H groups in total. The van der Waals surface area contributed by atoms with Gasteiger partial charge in [-0.1, -0.05) is 13.2 Å². The van der Waals surface area contributed by atoms with Crippen LogP contribution in [0.5, 0.6) is 11.5 Å². The van der Waals surface area contributed by atoms with Crippen LogP contribution in [-0.2, 0) is 14.3 Å². The third kappa shape index (κ3) is 5.78.